The normalized spacial score (nSPS) is 11.2. The van der Waals surface area contributed by atoms with Gasteiger partial charge in [0.05, 0.1) is 11.2 Å². The van der Waals surface area contributed by atoms with Crippen LogP contribution in [0.1, 0.15) is 54.9 Å². The molecule has 118 valence electrons. The molecule has 1 N–H and O–H groups in total. The minimum atomic E-state index is -0.401. The second-order valence-corrected chi connectivity index (χ2v) is 7.10. The van der Waals surface area contributed by atoms with E-state index in [1.165, 1.54) is 17.5 Å². The number of anilines is 1. The van der Waals surface area contributed by atoms with Gasteiger partial charge in [-0.15, -0.1) is 10.2 Å². The topological polar surface area (TPSA) is 80.7 Å². The predicted molar refractivity (Wildman–Crippen MR) is 87.5 cm³/mol. The average Bonchev–Trinajstić information content (AvgIpc) is 2.85. The molecule has 0 spiro atoms. The Bertz CT molecular complexity index is 671. The van der Waals surface area contributed by atoms with Gasteiger partial charge in [-0.3, -0.25) is 10.1 Å². The Hall–Kier alpha value is -1.60. The van der Waals surface area contributed by atoms with Crippen molar-refractivity contribution >= 4 is 34.0 Å². The summed E-state index contributed by atoms with van der Waals surface area (Å²) in [7, 11) is 0. The van der Waals surface area contributed by atoms with Crippen LogP contribution in [0.4, 0.5) is 5.13 Å². The predicted octanol–water partition coefficient (Wildman–Crippen LogP) is 3.56. The first-order chi connectivity index (χ1) is 10.4. The number of hydrogen-bond acceptors (Lipinski definition) is 6. The van der Waals surface area contributed by atoms with Crippen molar-refractivity contribution in [2.24, 2.45) is 5.92 Å². The van der Waals surface area contributed by atoms with Crippen LogP contribution in [0, 0.1) is 5.92 Å². The first-order valence-corrected chi connectivity index (χ1v) is 8.22. The summed E-state index contributed by atoms with van der Waals surface area (Å²) in [5.41, 5.74) is 0.154. The van der Waals surface area contributed by atoms with Gasteiger partial charge >= 0.3 is 0 Å². The van der Waals surface area contributed by atoms with Crippen molar-refractivity contribution in [1.82, 2.24) is 20.2 Å². The zero-order valence-electron chi connectivity index (χ0n) is 12.9. The number of nitrogens with one attached hydrogen (secondary N) is 1. The maximum absolute atomic E-state index is 12.3. The second kappa shape index (κ2) is 7.11. The Morgan fingerprint density at radius 1 is 1.32 bits per heavy atom. The Morgan fingerprint density at radius 2 is 2.05 bits per heavy atom. The van der Waals surface area contributed by atoms with Gasteiger partial charge < -0.3 is 0 Å². The summed E-state index contributed by atoms with van der Waals surface area (Å²) in [5.74, 6) is 0.776. The molecular formula is C14H18ClN5OS. The van der Waals surface area contributed by atoms with Crippen molar-refractivity contribution < 1.29 is 4.79 Å². The van der Waals surface area contributed by atoms with E-state index in [1.807, 2.05) is 13.8 Å². The van der Waals surface area contributed by atoms with Crippen molar-refractivity contribution in [3.63, 3.8) is 0 Å². The first kappa shape index (κ1) is 16.8. The van der Waals surface area contributed by atoms with Crippen molar-refractivity contribution in [2.45, 2.75) is 40.0 Å². The molecule has 1 amide bonds. The molecule has 2 rings (SSSR count). The maximum atomic E-state index is 12.3. The van der Waals surface area contributed by atoms with Crippen molar-refractivity contribution in [3.05, 3.63) is 27.7 Å². The van der Waals surface area contributed by atoms with E-state index < -0.39 is 5.91 Å². The monoisotopic (exact) mass is 339 g/mol. The number of aromatic nitrogens is 4. The Labute approximate surface area is 138 Å². The van der Waals surface area contributed by atoms with Crippen LogP contribution in [0.15, 0.2) is 6.20 Å². The van der Waals surface area contributed by atoms with Gasteiger partial charge in [-0.2, -0.15) is 0 Å². The maximum Gasteiger partial charge on any atom is 0.277 e. The fraction of sp³-hybridized carbons (Fsp3) is 0.500. The molecule has 0 unspecified atom stereocenters. The molecule has 0 aliphatic rings. The average molecular weight is 340 g/mol. The fourth-order valence-electron chi connectivity index (χ4n) is 1.71. The standard InChI is InChI=1S/C14H18ClN5OS/c1-7(2)5-10-19-20-14(22-10)18-13(21)11-9(15)6-16-12(17-11)8(3)4/h6-8H,5H2,1-4H3,(H,18,20,21). The van der Waals surface area contributed by atoms with Gasteiger partial charge in [-0.25, -0.2) is 9.97 Å². The smallest absolute Gasteiger partial charge is 0.277 e. The molecule has 2 aromatic heterocycles. The van der Waals surface area contributed by atoms with E-state index in [0.717, 1.165) is 11.4 Å². The number of nitrogens with zero attached hydrogens (tertiary/aromatic N) is 4. The summed E-state index contributed by atoms with van der Waals surface area (Å²) < 4.78 is 0. The van der Waals surface area contributed by atoms with Gasteiger partial charge in [0.15, 0.2) is 5.69 Å². The van der Waals surface area contributed by atoms with Crippen LogP contribution in [0.3, 0.4) is 0 Å². The number of hydrogen-bond donors (Lipinski definition) is 1. The Kier molecular flexibility index (Phi) is 5.42. The zero-order valence-corrected chi connectivity index (χ0v) is 14.5. The molecule has 8 heteroatoms. The Balaban J connectivity index is 2.15. The van der Waals surface area contributed by atoms with Crippen LogP contribution in [0.2, 0.25) is 5.02 Å². The highest BCUT2D eigenvalue weighted by Crippen LogP contribution is 2.21. The number of rotatable bonds is 5. The van der Waals surface area contributed by atoms with E-state index in [0.29, 0.717) is 16.9 Å². The van der Waals surface area contributed by atoms with Crippen LogP contribution < -0.4 is 5.32 Å². The van der Waals surface area contributed by atoms with Crippen LogP contribution in [0.5, 0.6) is 0 Å². The van der Waals surface area contributed by atoms with E-state index in [2.05, 4.69) is 39.3 Å². The SMILES string of the molecule is CC(C)Cc1nnc(NC(=O)c2nc(C(C)C)ncc2Cl)s1. The lowest BCUT2D eigenvalue weighted by Gasteiger charge is -2.07. The molecular weight excluding hydrogens is 322 g/mol. The summed E-state index contributed by atoms with van der Waals surface area (Å²) in [6.45, 7) is 8.11. The lowest BCUT2D eigenvalue weighted by molar-refractivity contribution is 0.102. The van der Waals surface area contributed by atoms with E-state index in [-0.39, 0.29) is 16.6 Å². The molecule has 0 radical (unpaired) electrons. The molecule has 0 aliphatic carbocycles. The number of amides is 1. The highest BCUT2D eigenvalue weighted by Gasteiger charge is 2.17. The largest absolute Gasteiger partial charge is 0.295 e. The minimum absolute atomic E-state index is 0.114. The molecule has 2 heterocycles. The summed E-state index contributed by atoms with van der Waals surface area (Å²) in [6, 6.07) is 0. The lowest BCUT2D eigenvalue weighted by Crippen LogP contribution is -2.16. The second-order valence-electron chi connectivity index (χ2n) is 5.63. The van der Waals surface area contributed by atoms with Crippen molar-refractivity contribution in [2.75, 3.05) is 5.32 Å². The van der Waals surface area contributed by atoms with E-state index in [9.17, 15) is 4.79 Å². The van der Waals surface area contributed by atoms with Crippen LogP contribution in [-0.2, 0) is 6.42 Å². The van der Waals surface area contributed by atoms with Gasteiger partial charge in [0.1, 0.15) is 10.8 Å². The van der Waals surface area contributed by atoms with Crippen molar-refractivity contribution in [1.29, 1.82) is 0 Å². The van der Waals surface area contributed by atoms with Crippen LogP contribution in [0.25, 0.3) is 0 Å². The van der Waals surface area contributed by atoms with Crippen LogP contribution in [-0.4, -0.2) is 26.1 Å². The molecule has 22 heavy (non-hydrogen) atoms. The molecule has 2 aromatic rings. The molecule has 0 atom stereocenters. The lowest BCUT2D eigenvalue weighted by atomic mass is 10.1. The highest BCUT2D eigenvalue weighted by atomic mass is 35.5. The van der Waals surface area contributed by atoms with Gasteiger partial charge in [0.25, 0.3) is 5.91 Å². The Morgan fingerprint density at radius 3 is 2.68 bits per heavy atom. The van der Waals surface area contributed by atoms with Gasteiger partial charge in [0, 0.05) is 12.3 Å². The van der Waals surface area contributed by atoms with Gasteiger partial charge in [-0.1, -0.05) is 50.6 Å². The molecule has 6 nitrogen and oxygen atoms in total. The quantitative estimate of drug-likeness (QED) is 0.900. The molecule has 0 aromatic carbocycles. The number of halogens is 1. The van der Waals surface area contributed by atoms with Crippen molar-refractivity contribution in [3.8, 4) is 0 Å². The molecule has 0 aliphatic heterocycles. The van der Waals surface area contributed by atoms with E-state index >= 15 is 0 Å². The molecule has 0 bridgehead atoms. The third-order valence-corrected chi connectivity index (χ3v) is 3.90. The molecule has 0 saturated heterocycles. The number of carbonyl (C=O) groups is 1. The van der Waals surface area contributed by atoms with Gasteiger partial charge in [0.2, 0.25) is 5.13 Å². The highest BCUT2D eigenvalue weighted by molar-refractivity contribution is 7.15. The first-order valence-electron chi connectivity index (χ1n) is 7.03. The minimum Gasteiger partial charge on any atom is -0.295 e. The summed E-state index contributed by atoms with van der Waals surface area (Å²) >= 11 is 7.38. The number of carbonyl (C=O) groups excluding carboxylic acids is 1. The zero-order chi connectivity index (χ0) is 16.3. The third-order valence-electron chi connectivity index (χ3n) is 2.76. The summed E-state index contributed by atoms with van der Waals surface area (Å²) in [6.07, 6.45) is 2.28. The van der Waals surface area contributed by atoms with Crippen LogP contribution >= 0.6 is 22.9 Å². The fourth-order valence-corrected chi connectivity index (χ4v) is 2.83. The molecule has 0 saturated carbocycles. The third kappa shape index (κ3) is 4.20. The summed E-state index contributed by atoms with van der Waals surface area (Å²) in [4.78, 5) is 20.6. The van der Waals surface area contributed by atoms with Gasteiger partial charge in [-0.05, 0) is 5.92 Å². The van der Waals surface area contributed by atoms with E-state index in [4.69, 9.17) is 11.6 Å². The van der Waals surface area contributed by atoms with E-state index in [1.54, 1.807) is 0 Å². The molecule has 0 fully saturated rings. The summed E-state index contributed by atoms with van der Waals surface area (Å²) in [5, 5.41) is 12.3.